The van der Waals surface area contributed by atoms with Crippen LogP contribution in [0, 0.1) is 5.92 Å². The molecule has 0 aliphatic rings. The molecule has 1 heteroatoms. The van der Waals surface area contributed by atoms with Gasteiger partial charge in [0.05, 0.1) is 0 Å². The number of allylic oxidation sites excluding steroid dienone is 3. The predicted octanol–water partition coefficient (Wildman–Crippen LogP) is 2.46. The first kappa shape index (κ1) is 9.15. The fourth-order valence-electron chi connectivity index (χ4n) is 0.657. The monoisotopic (exact) mass is 137 g/mol. The lowest BCUT2D eigenvalue weighted by atomic mass is 10.0. The normalized spacial score (nSPS) is 13.0. The zero-order chi connectivity index (χ0) is 7.98. The molecular formula is C9H15N. The van der Waals surface area contributed by atoms with Gasteiger partial charge in [-0.2, -0.15) is 0 Å². The summed E-state index contributed by atoms with van der Waals surface area (Å²) in [6.45, 7) is 7.98. The Bertz CT molecular complexity index is 152. The van der Waals surface area contributed by atoms with E-state index in [9.17, 15) is 0 Å². The molecule has 0 fully saturated rings. The molecule has 0 aromatic heterocycles. The van der Waals surface area contributed by atoms with Gasteiger partial charge in [0.2, 0.25) is 0 Å². The van der Waals surface area contributed by atoms with Crippen molar-refractivity contribution < 1.29 is 0 Å². The lowest BCUT2D eigenvalue weighted by Crippen LogP contribution is -1.89. The fraction of sp³-hybridized carbons (Fsp3) is 0.444. The smallest absolute Gasteiger partial charge is 0.0277 e. The van der Waals surface area contributed by atoms with Crippen molar-refractivity contribution in [1.82, 2.24) is 0 Å². The maximum absolute atomic E-state index is 3.86. The molecule has 0 aliphatic heterocycles. The number of hydrogen-bond donors (Lipinski definition) is 0. The van der Waals surface area contributed by atoms with Crippen molar-refractivity contribution in [1.29, 1.82) is 0 Å². The van der Waals surface area contributed by atoms with Gasteiger partial charge in [-0.25, -0.2) is 0 Å². The van der Waals surface area contributed by atoms with Crippen molar-refractivity contribution >= 4 is 6.21 Å². The Kier molecular flexibility index (Phi) is 4.55. The summed E-state index contributed by atoms with van der Waals surface area (Å²) >= 11 is 0. The van der Waals surface area contributed by atoms with Gasteiger partial charge < -0.3 is 0 Å². The highest BCUT2D eigenvalue weighted by molar-refractivity contribution is 5.72. The number of nitrogens with zero attached hydrogens (tertiary/aromatic N) is 1. The van der Waals surface area contributed by atoms with Crippen LogP contribution < -0.4 is 0 Å². The van der Waals surface area contributed by atoms with Crippen molar-refractivity contribution in [3.63, 3.8) is 0 Å². The van der Waals surface area contributed by atoms with Crippen LogP contribution in [0.3, 0.4) is 0 Å². The quantitative estimate of drug-likeness (QED) is 0.418. The highest BCUT2D eigenvalue weighted by Gasteiger charge is 1.94. The molecule has 1 nitrogen and oxygen atoms in total. The second-order valence-corrected chi connectivity index (χ2v) is 2.43. The van der Waals surface area contributed by atoms with Crippen LogP contribution in [0.25, 0.3) is 0 Å². The maximum Gasteiger partial charge on any atom is 0.0277 e. The standard InChI is InChI=1S/C9H15N/c1-5-9(8(2)3)6-7-10-4/h5-8H,1H2,2-4H3/b9-6+,10-7-. The molecule has 10 heavy (non-hydrogen) atoms. The summed E-state index contributed by atoms with van der Waals surface area (Å²) in [6.07, 6.45) is 5.64. The number of rotatable bonds is 3. The van der Waals surface area contributed by atoms with Crippen LogP contribution in [0.2, 0.25) is 0 Å². The number of aliphatic imine (C=N–C) groups is 1. The molecule has 56 valence electrons. The van der Waals surface area contributed by atoms with E-state index in [1.807, 2.05) is 12.2 Å². The molecule has 0 saturated heterocycles. The van der Waals surface area contributed by atoms with Crippen LogP contribution in [0.1, 0.15) is 13.8 Å². The summed E-state index contributed by atoms with van der Waals surface area (Å²) in [4.78, 5) is 3.86. The van der Waals surface area contributed by atoms with Crippen LogP contribution in [0.5, 0.6) is 0 Å². The van der Waals surface area contributed by atoms with Gasteiger partial charge in [0.1, 0.15) is 0 Å². The molecule has 0 aromatic rings. The highest BCUT2D eigenvalue weighted by Crippen LogP contribution is 2.08. The lowest BCUT2D eigenvalue weighted by Gasteiger charge is -2.02. The molecule has 0 aromatic carbocycles. The molecule has 0 N–H and O–H groups in total. The van der Waals surface area contributed by atoms with Gasteiger partial charge in [-0.3, -0.25) is 4.99 Å². The number of hydrogen-bond acceptors (Lipinski definition) is 1. The van der Waals surface area contributed by atoms with Crippen LogP contribution in [0.15, 0.2) is 29.3 Å². The topological polar surface area (TPSA) is 12.4 Å². The first-order chi connectivity index (χ1) is 4.72. The van der Waals surface area contributed by atoms with Crippen LogP contribution >= 0.6 is 0 Å². The minimum atomic E-state index is 0.537. The van der Waals surface area contributed by atoms with E-state index >= 15 is 0 Å². The van der Waals surface area contributed by atoms with Crippen molar-refractivity contribution in [2.45, 2.75) is 13.8 Å². The van der Waals surface area contributed by atoms with E-state index in [1.54, 1.807) is 13.3 Å². The molecule has 0 unspecified atom stereocenters. The van der Waals surface area contributed by atoms with Gasteiger partial charge in [0.15, 0.2) is 0 Å². The molecule has 0 atom stereocenters. The molecule has 0 aliphatic carbocycles. The summed E-state index contributed by atoms with van der Waals surface area (Å²) in [5, 5.41) is 0. The van der Waals surface area contributed by atoms with Gasteiger partial charge in [0.25, 0.3) is 0 Å². The molecule has 0 bridgehead atoms. The first-order valence-corrected chi connectivity index (χ1v) is 3.47. The summed E-state index contributed by atoms with van der Waals surface area (Å²) in [6, 6.07) is 0. The summed E-state index contributed by atoms with van der Waals surface area (Å²) in [5.41, 5.74) is 1.23. The minimum absolute atomic E-state index is 0.537. The van der Waals surface area contributed by atoms with E-state index in [0.717, 1.165) is 0 Å². The van der Waals surface area contributed by atoms with Crippen LogP contribution in [0.4, 0.5) is 0 Å². The SMILES string of the molecule is C=C/C(=C\C=N/C)C(C)C. The van der Waals surface area contributed by atoms with Crippen LogP contribution in [-0.4, -0.2) is 13.3 Å². The Morgan fingerprint density at radius 1 is 1.50 bits per heavy atom. The second kappa shape index (κ2) is 4.98. The van der Waals surface area contributed by atoms with E-state index in [0.29, 0.717) is 5.92 Å². The second-order valence-electron chi connectivity index (χ2n) is 2.43. The van der Waals surface area contributed by atoms with Gasteiger partial charge in [-0.1, -0.05) is 26.5 Å². The predicted molar refractivity (Wildman–Crippen MR) is 47.5 cm³/mol. The minimum Gasteiger partial charge on any atom is -0.297 e. The molecule has 0 saturated carbocycles. The Morgan fingerprint density at radius 3 is 2.40 bits per heavy atom. The van der Waals surface area contributed by atoms with E-state index in [1.165, 1.54) is 5.57 Å². The lowest BCUT2D eigenvalue weighted by molar-refractivity contribution is 0.793. The highest BCUT2D eigenvalue weighted by atomic mass is 14.6. The van der Waals surface area contributed by atoms with E-state index in [2.05, 4.69) is 25.4 Å². The summed E-state index contributed by atoms with van der Waals surface area (Å²) in [5.74, 6) is 0.537. The van der Waals surface area contributed by atoms with Crippen LogP contribution in [-0.2, 0) is 0 Å². The molecule has 0 radical (unpaired) electrons. The third-order valence-electron chi connectivity index (χ3n) is 1.32. The molecular weight excluding hydrogens is 122 g/mol. The molecule has 0 spiro atoms. The van der Waals surface area contributed by atoms with Gasteiger partial charge >= 0.3 is 0 Å². The van der Waals surface area contributed by atoms with Crippen molar-refractivity contribution in [2.75, 3.05) is 7.05 Å². The average Bonchev–Trinajstić information content (AvgIpc) is 1.89. The van der Waals surface area contributed by atoms with Crippen molar-refractivity contribution in [3.05, 3.63) is 24.3 Å². The van der Waals surface area contributed by atoms with Gasteiger partial charge in [-0.15, -0.1) is 0 Å². The Hall–Kier alpha value is -0.850. The van der Waals surface area contributed by atoms with E-state index in [4.69, 9.17) is 0 Å². The Labute approximate surface area is 63.2 Å². The van der Waals surface area contributed by atoms with E-state index < -0.39 is 0 Å². The Balaban J connectivity index is 4.18. The maximum atomic E-state index is 3.86. The van der Waals surface area contributed by atoms with Gasteiger partial charge in [0, 0.05) is 13.3 Å². The average molecular weight is 137 g/mol. The summed E-state index contributed by atoms with van der Waals surface area (Å²) in [7, 11) is 1.76. The van der Waals surface area contributed by atoms with Gasteiger partial charge in [-0.05, 0) is 17.6 Å². The first-order valence-electron chi connectivity index (χ1n) is 3.47. The third-order valence-corrected chi connectivity index (χ3v) is 1.32. The molecule has 0 rings (SSSR count). The molecule has 0 amide bonds. The fourth-order valence-corrected chi connectivity index (χ4v) is 0.657. The zero-order valence-electron chi connectivity index (χ0n) is 6.96. The largest absolute Gasteiger partial charge is 0.297 e. The van der Waals surface area contributed by atoms with Crippen molar-refractivity contribution in [2.24, 2.45) is 10.9 Å². The Morgan fingerprint density at radius 2 is 2.10 bits per heavy atom. The van der Waals surface area contributed by atoms with Crippen molar-refractivity contribution in [3.8, 4) is 0 Å². The zero-order valence-corrected chi connectivity index (χ0v) is 6.96. The summed E-state index contributed by atoms with van der Waals surface area (Å²) < 4.78 is 0. The van der Waals surface area contributed by atoms with E-state index in [-0.39, 0.29) is 0 Å². The molecule has 0 heterocycles. The third kappa shape index (κ3) is 3.23.